The van der Waals surface area contributed by atoms with Crippen molar-refractivity contribution in [2.75, 3.05) is 26.4 Å². The predicted octanol–water partition coefficient (Wildman–Crippen LogP) is 11.9. The highest BCUT2D eigenvalue weighted by Crippen LogP contribution is 2.26. The van der Waals surface area contributed by atoms with Gasteiger partial charge in [-0.2, -0.15) is 8.42 Å². The van der Waals surface area contributed by atoms with E-state index in [0.29, 0.717) is 13.0 Å². The molecule has 1 heterocycles. The lowest BCUT2D eigenvalue weighted by Gasteiger charge is -2.41. The zero-order chi connectivity index (χ0) is 48.2. The lowest BCUT2D eigenvalue weighted by Crippen LogP contribution is -2.60. The van der Waals surface area contributed by atoms with Crippen LogP contribution in [-0.4, -0.2) is 97.5 Å². The first-order valence-electron chi connectivity index (χ1n) is 25.7. The van der Waals surface area contributed by atoms with Crippen LogP contribution in [0.2, 0.25) is 0 Å². The Morgan fingerprint density at radius 1 is 0.591 bits per heavy atom. The standard InChI is InChI=1S/C53H92O12S/c1-3-5-7-9-11-13-15-17-19-21-23-25-27-29-31-33-35-37-39-41-43-61-45-47(46-62-53-51(57)52(65-66(58,59)60)50(56)48(44-54)64-53)63-49(55)42-40-38-36-34-32-30-28-26-24-22-20-18-16-14-12-10-8-6-4-2/h6,8,11-14,17-20,24,26,47-48,50-54,56-57H,3-5,7,9-10,15-16,21-23,25,27-46H2,1-2H3,(H,58,59,60)/b8-6-,13-11-,14-12-,19-17-,20-18-,26-24-. The Morgan fingerprint density at radius 3 is 1.53 bits per heavy atom. The van der Waals surface area contributed by atoms with Crippen molar-refractivity contribution in [3.05, 3.63) is 72.9 Å². The molecule has 0 aromatic heterocycles. The quantitative estimate of drug-likeness (QED) is 0.0197. The zero-order valence-corrected chi connectivity index (χ0v) is 41.8. The van der Waals surface area contributed by atoms with Gasteiger partial charge in [0, 0.05) is 13.0 Å². The molecule has 66 heavy (non-hydrogen) atoms. The molecule has 12 nitrogen and oxygen atoms in total. The summed E-state index contributed by atoms with van der Waals surface area (Å²) in [4.78, 5) is 12.9. The van der Waals surface area contributed by atoms with Gasteiger partial charge in [0.15, 0.2) is 6.29 Å². The minimum Gasteiger partial charge on any atom is -0.457 e. The lowest BCUT2D eigenvalue weighted by atomic mass is 9.99. The molecule has 0 aromatic carbocycles. The zero-order valence-electron chi connectivity index (χ0n) is 41.0. The van der Waals surface area contributed by atoms with E-state index in [1.807, 2.05) is 0 Å². The number of carbonyl (C=O) groups excluding carboxylic acids is 1. The van der Waals surface area contributed by atoms with Crippen LogP contribution in [0.5, 0.6) is 0 Å². The van der Waals surface area contributed by atoms with Gasteiger partial charge in [-0.05, 0) is 83.5 Å². The van der Waals surface area contributed by atoms with Gasteiger partial charge in [-0.1, -0.05) is 177 Å². The smallest absolute Gasteiger partial charge is 0.397 e. The molecule has 1 saturated heterocycles. The van der Waals surface area contributed by atoms with Crippen LogP contribution >= 0.6 is 0 Å². The third kappa shape index (κ3) is 36.6. The number of aliphatic hydroxyl groups excluding tert-OH is 3. The van der Waals surface area contributed by atoms with Gasteiger partial charge in [-0.3, -0.25) is 9.35 Å². The number of aliphatic hydroxyl groups is 3. The Hall–Kier alpha value is -2.46. The van der Waals surface area contributed by atoms with Crippen molar-refractivity contribution in [2.24, 2.45) is 0 Å². The molecule has 0 amide bonds. The molecular formula is C53H92O12S. The van der Waals surface area contributed by atoms with Crippen LogP contribution in [0.15, 0.2) is 72.9 Å². The van der Waals surface area contributed by atoms with Crippen molar-refractivity contribution in [1.29, 1.82) is 0 Å². The van der Waals surface area contributed by atoms with Gasteiger partial charge in [0.25, 0.3) is 0 Å². The van der Waals surface area contributed by atoms with Gasteiger partial charge in [0.1, 0.15) is 30.5 Å². The summed E-state index contributed by atoms with van der Waals surface area (Å²) in [7, 11) is -5.07. The summed E-state index contributed by atoms with van der Waals surface area (Å²) >= 11 is 0. The Labute approximate surface area is 401 Å². The first-order chi connectivity index (χ1) is 32.1. The molecule has 1 aliphatic heterocycles. The Kier molecular flexibility index (Phi) is 40.8. The van der Waals surface area contributed by atoms with E-state index in [-0.39, 0.29) is 19.6 Å². The molecule has 1 rings (SSSR count). The van der Waals surface area contributed by atoms with E-state index in [1.54, 1.807) is 0 Å². The highest BCUT2D eigenvalue weighted by molar-refractivity contribution is 7.80. The van der Waals surface area contributed by atoms with Crippen LogP contribution in [0, 0.1) is 0 Å². The van der Waals surface area contributed by atoms with Crippen molar-refractivity contribution < 1.29 is 56.2 Å². The highest BCUT2D eigenvalue weighted by atomic mass is 32.3. The minimum absolute atomic E-state index is 0.0246. The molecule has 1 aliphatic rings. The molecule has 0 aromatic rings. The maximum absolute atomic E-state index is 12.9. The molecule has 0 radical (unpaired) electrons. The molecule has 6 unspecified atom stereocenters. The molecule has 0 bridgehead atoms. The molecule has 6 atom stereocenters. The first kappa shape index (κ1) is 61.6. The van der Waals surface area contributed by atoms with E-state index in [4.69, 9.17) is 18.9 Å². The van der Waals surface area contributed by atoms with E-state index < -0.39 is 59.8 Å². The second kappa shape index (κ2) is 43.8. The summed E-state index contributed by atoms with van der Waals surface area (Å²) in [6.07, 6.45) is 47.8. The van der Waals surface area contributed by atoms with E-state index in [0.717, 1.165) is 89.9 Å². The molecule has 13 heteroatoms. The lowest BCUT2D eigenvalue weighted by molar-refractivity contribution is -0.301. The first-order valence-corrected chi connectivity index (χ1v) is 27.1. The fraction of sp³-hybridized carbons (Fsp3) is 0.755. The van der Waals surface area contributed by atoms with Crippen molar-refractivity contribution >= 4 is 16.4 Å². The van der Waals surface area contributed by atoms with E-state index in [2.05, 4.69) is 90.9 Å². The Morgan fingerprint density at radius 2 is 1.05 bits per heavy atom. The number of hydrogen-bond acceptors (Lipinski definition) is 11. The SMILES string of the molecule is CC/C=C\C/C=C\C/C=C\C/C=C\CCCCCCCCC(=O)OC(COCCCCCCCCCCCC/C=C\C/C=C\CCCCC)COC1OC(CO)C(O)C(OS(=O)(=O)O)C1O. The maximum Gasteiger partial charge on any atom is 0.397 e. The minimum atomic E-state index is -5.07. The van der Waals surface area contributed by atoms with Crippen LogP contribution in [0.1, 0.15) is 194 Å². The molecule has 0 spiro atoms. The van der Waals surface area contributed by atoms with Gasteiger partial charge < -0.3 is 34.3 Å². The molecule has 1 fully saturated rings. The van der Waals surface area contributed by atoms with Gasteiger partial charge in [0.2, 0.25) is 0 Å². The monoisotopic (exact) mass is 953 g/mol. The highest BCUT2D eigenvalue weighted by Gasteiger charge is 2.48. The maximum atomic E-state index is 12.9. The van der Waals surface area contributed by atoms with E-state index in [1.165, 1.54) is 77.0 Å². The fourth-order valence-corrected chi connectivity index (χ4v) is 7.97. The largest absolute Gasteiger partial charge is 0.457 e. The molecule has 0 aliphatic carbocycles. The van der Waals surface area contributed by atoms with E-state index >= 15 is 0 Å². The fourth-order valence-electron chi connectivity index (χ4n) is 7.46. The third-order valence-corrected chi connectivity index (χ3v) is 11.8. The Balaban J connectivity index is 2.38. The topological polar surface area (TPSA) is 178 Å². The summed E-state index contributed by atoms with van der Waals surface area (Å²) in [6.45, 7) is 3.83. The van der Waals surface area contributed by atoms with Crippen LogP contribution in [0.25, 0.3) is 0 Å². The normalized spacial score (nSPS) is 20.1. The molecule has 0 saturated carbocycles. The molecule has 382 valence electrons. The number of unbranched alkanes of at least 4 members (excludes halogenated alkanes) is 19. The number of rotatable bonds is 44. The number of ether oxygens (including phenoxy) is 4. The molecular weight excluding hydrogens is 861 g/mol. The van der Waals surface area contributed by atoms with Crippen molar-refractivity contribution in [1.82, 2.24) is 0 Å². The van der Waals surface area contributed by atoms with Crippen LogP contribution in [-0.2, 0) is 38.3 Å². The predicted molar refractivity (Wildman–Crippen MR) is 266 cm³/mol. The number of allylic oxidation sites excluding steroid dienone is 12. The van der Waals surface area contributed by atoms with Crippen LogP contribution in [0.4, 0.5) is 0 Å². The third-order valence-electron chi connectivity index (χ3n) is 11.3. The van der Waals surface area contributed by atoms with Gasteiger partial charge in [0.05, 0.1) is 19.8 Å². The van der Waals surface area contributed by atoms with Crippen LogP contribution < -0.4 is 0 Å². The van der Waals surface area contributed by atoms with Crippen molar-refractivity contribution in [3.8, 4) is 0 Å². The summed E-state index contributed by atoms with van der Waals surface area (Å²) in [5.74, 6) is -0.416. The van der Waals surface area contributed by atoms with Gasteiger partial charge >= 0.3 is 16.4 Å². The number of hydrogen-bond donors (Lipinski definition) is 4. The van der Waals surface area contributed by atoms with Crippen molar-refractivity contribution in [3.63, 3.8) is 0 Å². The summed E-state index contributed by atoms with van der Waals surface area (Å²) in [6, 6.07) is 0. The average molecular weight is 953 g/mol. The van der Waals surface area contributed by atoms with E-state index in [9.17, 15) is 33.1 Å². The van der Waals surface area contributed by atoms with Crippen LogP contribution in [0.3, 0.4) is 0 Å². The number of carbonyl (C=O) groups is 1. The summed E-state index contributed by atoms with van der Waals surface area (Å²) in [5, 5.41) is 30.8. The second-order valence-electron chi connectivity index (χ2n) is 17.4. The molecule has 4 N–H and O–H groups in total. The van der Waals surface area contributed by atoms with Gasteiger partial charge in [-0.25, -0.2) is 4.18 Å². The summed E-state index contributed by atoms with van der Waals surface area (Å²) < 4.78 is 59.3. The summed E-state index contributed by atoms with van der Waals surface area (Å²) in [5.41, 5.74) is 0. The Bertz CT molecular complexity index is 1420. The van der Waals surface area contributed by atoms with Crippen molar-refractivity contribution in [2.45, 2.75) is 230 Å². The average Bonchev–Trinajstić information content (AvgIpc) is 3.29. The van der Waals surface area contributed by atoms with Gasteiger partial charge in [-0.15, -0.1) is 0 Å². The number of esters is 1. The second-order valence-corrected chi connectivity index (χ2v) is 18.4.